The van der Waals surface area contributed by atoms with Crippen LogP contribution in [0.25, 0.3) is 0 Å². The van der Waals surface area contributed by atoms with E-state index in [1.165, 1.54) is 6.92 Å². The highest BCUT2D eigenvalue weighted by atomic mass is 16.4. The van der Waals surface area contributed by atoms with Gasteiger partial charge in [0.2, 0.25) is 5.91 Å². The Bertz CT molecular complexity index is 155. The second-order valence-corrected chi connectivity index (χ2v) is 1.95. The first kappa shape index (κ1) is 8.74. The first-order valence-corrected chi connectivity index (χ1v) is 2.82. The molecule has 0 radical (unpaired) electrons. The van der Waals surface area contributed by atoms with Gasteiger partial charge in [0.15, 0.2) is 5.84 Å². The maximum Gasteiger partial charge on any atom is 0.217 e. The molecule has 0 bridgehead atoms. The van der Waals surface area contributed by atoms with Crippen molar-refractivity contribution in [1.82, 2.24) is 5.32 Å². The topological polar surface area (TPSA) is 87.7 Å². The molecule has 0 spiro atoms. The van der Waals surface area contributed by atoms with Crippen molar-refractivity contribution in [2.45, 2.75) is 19.9 Å². The highest BCUT2D eigenvalue weighted by Gasteiger charge is 2.06. The highest BCUT2D eigenvalue weighted by molar-refractivity contribution is 5.88. The number of nitrogens with one attached hydrogen (secondary N) is 1. The molecule has 0 saturated carbocycles. The van der Waals surface area contributed by atoms with E-state index in [0.29, 0.717) is 0 Å². The summed E-state index contributed by atoms with van der Waals surface area (Å²) in [6.07, 6.45) is 0. The summed E-state index contributed by atoms with van der Waals surface area (Å²) in [7, 11) is 0. The van der Waals surface area contributed by atoms with Crippen LogP contribution < -0.4 is 11.1 Å². The quantitative estimate of drug-likeness (QED) is 0.207. The van der Waals surface area contributed by atoms with Crippen LogP contribution in [0.5, 0.6) is 0 Å². The molecule has 5 heteroatoms. The minimum Gasteiger partial charge on any atom is -0.409 e. The van der Waals surface area contributed by atoms with Crippen molar-refractivity contribution in [2.75, 3.05) is 0 Å². The predicted octanol–water partition coefficient (Wildman–Crippen LogP) is -0.743. The van der Waals surface area contributed by atoms with Crippen molar-refractivity contribution in [3.63, 3.8) is 0 Å². The molecule has 0 aromatic rings. The van der Waals surface area contributed by atoms with Crippen LogP contribution in [0.4, 0.5) is 0 Å². The Balaban J connectivity index is 3.85. The highest BCUT2D eigenvalue weighted by Crippen LogP contribution is 1.80. The van der Waals surface area contributed by atoms with Gasteiger partial charge in [0.25, 0.3) is 0 Å². The number of hydrogen-bond acceptors (Lipinski definition) is 3. The number of hydrogen-bond donors (Lipinski definition) is 3. The van der Waals surface area contributed by atoms with Gasteiger partial charge in [0.1, 0.15) is 0 Å². The van der Waals surface area contributed by atoms with Crippen LogP contribution in [0.2, 0.25) is 0 Å². The van der Waals surface area contributed by atoms with Crippen LogP contribution in [0.1, 0.15) is 13.8 Å². The number of rotatable bonds is 2. The van der Waals surface area contributed by atoms with E-state index in [2.05, 4.69) is 10.5 Å². The predicted molar refractivity (Wildman–Crippen MR) is 36.7 cm³/mol. The molecule has 0 aliphatic rings. The maximum atomic E-state index is 10.4. The van der Waals surface area contributed by atoms with Gasteiger partial charge in [-0.15, -0.1) is 0 Å². The molecule has 0 aromatic carbocycles. The number of nitrogens with zero attached hydrogens (tertiary/aromatic N) is 1. The summed E-state index contributed by atoms with van der Waals surface area (Å²) in [6.45, 7) is 2.98. The van der Waals surface area contributed by atoms with Gasteiger partial charge in [0, 0.05) is 6.92 Å². The zero-order chi connectivity index (χ0) is 8.15. The van der Waals surface area contributed by atoms with E-state index >= 15 is 0 Å². The molecule has 1 unspecified atom stereocenters. The minimum absolute atomic E-state index is 0.00444. The summed E-state index contributed by atoms with van der Waals surface area (Å²) in [4.78, 5) is 10.4. The lowest BCUT2D eigenvalue weighted by Gasteiger charge is -2.08. The van der Waals surface area contributed by atoms with Crippen molar-refractivity contribution < 1.29 is 10.0 Å². The third-order valence-electron chi connectivity index (χ3n) is 0.979. The average molecular weight is 145 g/mol. The van der Waals surface area contributed by atoms with Crippen LogP contribution >= 0.6 is 0 Å². The SMILES string of the molecule is CC(=O)NC(C)/C(N)=N/O. The fourth-order valence-corrected chi connectivity index (χ4v) is 0.465. The Morgan fingerprint density at radius 1 is 1.80 bits per heavy atom. The molecular formula is C5H11N3O2. The summed E-state index contributed by atoms with van der Waals surface area (Å²) in [5.74, 6) is -0.214. The first-order valence-electron chi connectivity index (χ1n) is 2.82. The molecule has 1 amide bonds. The minimum atomic E-state index is -0.414. The Kier molecular flexibility index (Phi) is 3.24. The van der Waals surface area contributed by atoms with E-state index < -0.39 is 6.04 Å². The summed E-state index contributed by atoms with van der Waals surface area (Å²) in [5, 5.41) is 13.3. The molecule has 0 saturated heterocycles. The number of oxime groups is 1. The average Bonchev–Trinajstić information content (AvgIpc) is 1.85. The van der Waals surface area contributed by atoms with Crippen LogP contribution in [0, 0.1) is 0 Å². The van der Waals surface area contributed by atoms with Gasteiger partial charge in [0.05, 0.1) is 6.04 Å². The number of amidine groups is 1. The van der Waals surface area contributed by atoms with E-state index in [1.807, 2.05) is 0 Å². The summed E-state index contributed by atoms with van der Waals surface area (Å²) >= 11 is 0. The van der Waals surface area contributed by atoms with Crippen molar-refractivity contribution in [3.8, 4) is 0 Å². The molecule has 0 rings (SSSR count). The second-order valence-electron chi connectivity index (χ2n) is 1.95. The van der Waals surface area contributed by atoms with Crippen LogP contribution in [0.15, 0.2) is 5.16 Å². The third-order valence-corrected chi connectivity index (χ3v) is 0.979. The Morgan fingerprint density at radius 2 is 2.30 bits per heavy atom. The van der Waals surface area contributed by atoms with Crippen molar-refractivity contribution in [1.29, 1.82) is 0 Å². The smallest absolute Gasteiger partial charge is 0.217 e. The van der Waals surface area contributed by atoms with Crippen molar-refractivity contribution in [2.24, 2.45) is 10.9 Å². The molecule has 0 aliphatic carbocycles. The molecule has 0 aromatic heterocycles. The fourth-order valence-electron chi connectivity index (χ4n) is 0.465. The van der Waals surface area contributed by atoms with Crippen LogP contribution in [-0.4, -0.2) is 23.0 Å². The number of nitrogens with two attached hydrogens (primary N) is 1. The summed E-state index contributed by atoms with van der Waals surface area (Å²) < 4.78 is 0. The van der Waals surface area contributed by atoms with Crippen molar-refractivity contribution >= 4 is 11.7 Å². The van der Waals surface area contributed by atoms with Gasteiger partial charge in [-0.2, -0.15) is 0 Å². The summed E-state index contributed by atoms with van der Waals surface area (Å²) in [5.41, 5.74) is 5.15. The van der Waals surface area contributed by atoms with E-state index in [9.17, 15) is 4.79 Å². The molecule has 0 aliphatic heterocycles. The molecule has 1 atom stereocenters. The Hall–Kier alpha value is -1.26. The summed E-state index contributed by atoms with van der Waals surface area (Å²) in [6, 6.07) is -0.414. The van der Waals surface area contributed by atoms with E-state index in [4.69, 9.17) is 10.9 Å². The molecule has 4 N–H and O–H groups in total. The lowest BCUT2D eigenvalue weighted by atomic mass is 10.3. The number of carbonyl (C=O) groups excluding carboxylic acids is 1. The van der Waals surface area contributed by atoms with Crippen LogP contribution in [0.3, 0.4) is 0 Å². The monoisotopic (exact) mass is 145 g/mol. The van der Waals surface area contributed by atoms with Gasteiger partial charge < -0.3 is 16.3 Å². The Labute approximate surface area is 58.9 Å². The lowest BCUT2D eigenvalue weighted by Crippen LogP contribution is -2.41. The number of amides is 1. The van der Waals surface area contributed by atoms with E-state index in [0.717, 1.165) is 0 Å². The van der Waals surface area contributed by atoms with Gasteiger partial charge in [-0.05, 0) is 6.92 Å². The Morgan fingerprint density at radius 3 is 2.60 bits per heavy atom. The van der Waals surface area contributed by atoms with Gasteiger partial charge >= 0.3 is 0 Å². The lowest BCUT2D eigenvalue weighted by molar-refractivity contribution is -0.119. The zero-order valence-corrected chi connectivity index (χ0v) is 5.96. The molecule has 10 heavy (non-hydrogen) atoms. The first-order chi connectivity index (χ1) is 4.57. The van der Waals surface area contributed by atoms with Gasteiger partial charge in [-0.3, -0.25) is 4.79 Å². The standard InChI is InChI=1S/C5H11N3O2/c1-3(5(6)8-10)7-4(2)9/h3,10H,1-2H3,(H2,6,8)(H,7,9). The normalized spacial score (nSPS) is 14.4. The molecule has 5 nitrogen and oxygen atoms in total. The zero-order valence-electron chi connectivity index (χ0n) is 5.96. The molecule has 0 fully saturated rings. The van der Waals surface area contributed by atoms with E-state index in [1.54, 1.807) is 6.92 Å². The third kappa shape index (κ3) is 2.91. The van der Waals surface area contributed by atoms with Gasteiger partial charge in [-0.25, -0.2) is 0 Å². The maximum absolute atomic E-state index is 10.4. The second kappa shape index (κ2) is 3.71. The molecule has 58 valence electrons. The molecular weight excluding hydrogens is 134 g/mol. The van der Waals surface area contributed by atoms with Crippen LogP contribution in [-0.2, 0) is 4.79 Å². The van der Waals surface area contributed by atoms with Gasteiger partial charge in [-0.1, -0.05) is 5.16 Å². The molecule has 0 heterocycles. The van der Waals surface area contributed by atoms with Crippen molar-refractivity contribution in [3.05, 3.63) is 0 Å². The fraction of sp³-hybridized carbons (Fsp3) is 0.600. The van der Waals surface area contributed by atoms with E-state index in [-0.39, 0.29) is 11.7 Å². The largest absolute Gasteiger partial charge is 0.409 e. The number of carbonyl (C=O) groups is 1.